The van der Waals surface area contributed by atoms with E-state index in [4.69, 9.17) is 0 Å². The number of hydrogen-bond acceptors (Lipinski definition) is 4. The van der Waals surface area contributed by atoms with Gasteiger partial charge in [-0.3, -0.25) is 14.6 Å². The Morgan fingerprint density at radius 2 is 1.84 bits per heavy atom. The predicted molar refractivity (Wildman–Crippen MR) is 63.1 cm³/mol. The largest absolute Gasteiger partial charge is 1.00 e. The van der Waals surface area contributed by atoms with Gasteiger partial charge >= 0.3 is 29.6 Å². The van der Waals surface area contributed by atoms with Crippen molar-refractivity contribution in [1.29, 1.82) is 0 Å². The van der Waals surface area contributed by atoms with E-state index in [2.05, 4.69) is 10.3 Å². The standard InChI is InChI=1S/C13H10N2O3.Na/c16-11-6-2-1-5-10(11)12(17)13(18)15-9-4-3-7-14-8-9;/h1-8,16H,(H,15,18);/q;+1/p-1. The van der Waals surface area contributed by atoms with Gasteiger partial charge in [0.05, 0.1) is 11.9 Å². The van der Waals surface area contributed by atoms with Crippen LogP contribution in [-0.4, -0.2) is 16.7 Å². The summed E-state index contributed by atoms with van der Waals surface area (Å²) in [6.07, 6.45) is 2.96. The van der Waals surface area contributed by atoms with Crippen LogP contribution in [0.4, 0.5) is 5.69 Å². The number of aromatic nitrogens is 1. The molecule has 0 aliphatic rings. The fourth-order valence-electron chi connectivity index (χ4n) is 1.40. The monoisotopic (exact) mass is 264 g/mol. The van der Waals surface area contributed by atoms with E-state index in [9.17, 15) is 14.7 Å². The summed E-state index contributed by atoms with van der Waals surface area (Å²) in [5.74, 6) is -2.18. The molecule has 0 radical (unpaired) electrons. The average Bonchev–Trinajstić information content (AvgIpc) is 2.39. The summed E-state index contributed by atoms with van der Waals surface area (Å²) in [7, 11) is 0. The molecule has 90 valence electrons. The number of benzene rings is 1. The fraction of sp³-hybridized carbons (Fsp3) is 0. The first-order chi connectivity index (χ1) is 8.68. The molecule has 1 amide bonds. The van der Waals surface area contributed by atoms with Crippen molar-refractivity contribution in [2.45, 2.75) is 0 Å². The minimum atomic E-state index is -0.857. The summed E-state index contributed by atoms with van der Waals surface area (Å²) in [5.41, 5.74) is 0.262. The van der Waals surface area contributed by atoms with E-state index in [0.29, 0.717) is 5.69 Å². The van der Waals surface area contributed by atoms with Crippen LogP contribution >= 0.6 is 0 Å². The Bertz CT molecular complexity index is 587. The number of anilines is 1. The normalized spacial score (nSPS) is 9.26. The maximum absolute atomic E-state index is 11.7. The van der Waals surface area contributed by atoms with E-state index in [1.165, 1.54) is 30.5 Å². The summed E-state index contributed by atoms with van der Waals surface area (Å²) in [5, 5.41) is 13.8. The van der Waals surface area contributed by atoms with Crippen LogP contribution in [0.3, 0.4) is 0 Å². The molecule has 0 fully saturated rings. The summed E-state index contributed by atoms with van der Waals surface area (Å²) >= 11 is 0. The van der Waals surface area contributed by atoms with E-state index in [-0.39, 0.29) is 35.1 Å². The number of hydrogen-bond donors (Lipinski definition) is 1. The summed E-state index contributed by atoms with van der Waals surface area (Å²) in [4.78, 5) is 27.2. The van der Waals surface area contributed by atoms with Gasteiger partial charge in [-0.2, -0.15) is 0 Å². The molecule has 0 spiro atoms. The third kappa shape index (κ3) is 3.89. The molecule has 2 aromatic rings. The Kier molecular flexibility index (Phi) is 5.69. The van der Waals surface area contributed by atoms with E-state index < -0.39 is 17.4 Å². The number of nitrogens with zero attached hydrogens (tertiary/aromatic N) is 1. The molecule has 5 nitrogen and oxygen atoms in total. The van der Waals surface area contributed by atoms with Gasteiger partial charge in [-0.25, -0.2) is 0 Å². The van der Waals surface area contributed by atoms with Gasteiger partial charge in [0.1, 0.15) is 0 Å². The van der Waals surface area contributed by atoms with E-state index in [1.807, 2.05) is 0 Å². The molecule has 0 bridgehead atoms. The quantitative estimate of drug-likeness (QED) is 0.394. The number of rotatable bonds is 3. The third-order valence-corrected chi connectivity index (χ3v) is 2.26. The molecule has 0 atom stereocenters. The van der Waals surface area contributed by atoms with Crippen LogP contribution in [-0.2, 0) is 4.79 Å². The van der Waals surface area contributed by atoms with Crippen LogP contribution in [0.15, 0.2) is 48.8 Å². The van der Waals surface area contributed by atoms with Crippen LogP contribution in [0, 0.1) is 0 Å². The molecule has 2 rings (SSSR count). The zero-order chi connectivity index (χ0) is 13.0. The molecular formula is C13H9N2NaO3. The van der Waals surface area contributed by atoms with Crippen molar-refractivity contribution in [3.63, 3.8) is 0 Å². The van der Waals surface area contributed by atoms with Gasteiger partial charge in [0, 0.05) is 11.8 Å². The predicted octanol–water partition coefficient (Wildman–Crippen LogP) is -2.02. The average molecular weight is 264 g/mol. The van der Waals surface area contributed by atoms with Crippen LogP contribution in [0.2, 0.25) is 0 Å². The van der Waals surface area contributed by atoms with Gasteiger partial charge in [-0.05, 0) is 12.1 Å². The zero-order valence-electron chi connectivity index (χ0n) is 10.3. The zero-order valence-corrected chi connectivity index (χ0v) is 12.3. The van der Waals surface area contributed by atoms with Crippen LogP contribution < -0.4 is 40.0 Å². The second kappa shape index (κ2) is 7.04. The molecule has 1 heterocycles. The Labute approximate surface area is 132 Å². The Morgan fingerprint density at radius 1 is 1.11 bits per heavy atom. The van der Waals surface area contributed by atoms with Crippen molar-refractivity contribution >= 4 is 17.4 Å². The minimum absolute atomic E-state index is 0. The number of carbonyl (C=O) groups excluding carboxylic acids is 2. The number of nitrogens with one attached hydrogen (secondary N) is 1. The smallest absolute Gasteiger partial charge is 0.872 e. The first kappa shape index (κ1) is 15.4. The first-order valence-electron chi connectivity index (χ1n) is 5.20. The molecule has 19 heavy (non-hydrogen) atoms. The molecule has 0 unspecified atom stereocenters. The number of ketones is 1. The molecule has 0 saturated heterocycles. The van der Waals surface area contributed by atoms with Gasteiger partial charge in [-0.15, -0.1) is 0 Å². The van der Waals surface area contributed by atoms with Crippen molar-refractivity contribution in [2.75, 3.05) is 5.32 Å². The maximum Gasteiger partial charge on any atom is 1.00 e. The molecule has 1 aromatic carbocycles. The Balaban J connectivity index is 0.00000180. The van der Waals surface area contributed by atoms with E-state index in [1.54, 1.807) is 18.3 Å². The molecule has 0 aliphatic heterocycles. The third-order valence-electron chi connectivity index (χ3n) is 2.26. The summed E-state index contributed by atoms with van der Waals surface area (Å²) < 4.78 is 0. The Hall–Kier alpha value is -1.69. The van der Waals surface area contributed by atoms with E-state index >= 15 is 0 Å². The SMILES string of the molecule is O=C(Nc1cccnc1)C(=O)c1ccccc1[O-].[Na+]. The van der Waals surface area contributed by atoms with Crippen LogP contribution in [0.1, 0.15) is 10.4 Å². The second-order valence-corrected chi connectivity index (χ2v) is 3.52. The van der Waals surface area contributed by atoms with Crippen LogP contribution in [0.25, 0.3) is 0 Å². The molecule has 1 N–H and O–H groups in total. The van der Waals surface area contributed by atoms with Crippen molar-refractivity contribution in [2.24, 2.45) is 0 Å². The van der Waals surface area contributed by atoms with Crippen LogP contribution in [0.5, 0.6) is 5.75 Å². The van der Waals surface area contributed by atoms with Crippen molar-refractivity contribution in [3.8, 4) is 5.75 Å². The summed E-state index contributed by atoms with van der Waals surface area (Å²) in [6.45, 7) is 0. The van der Waals surface area contributed by atoms with Crippen molar-refractivity contribution in [1.82, 2.24) is 4.98 Å². The maximum atomic E-state index is 11.7. The number of para-hydroxylation sites is 1. The molecule has 0 aliphatic carbocycles. The number of carbonyl (C=O) groups is 2. The number of Topliss-reactive ketones (excluding diaryl/α,β-unsaturated/α-hetero) is 1. The molecule has 0 saturated carbocycles. The van der Waals surface area contributed by atoms with Crippen molar-refractivity contribution < 1.29 is 44.3 Å². The molecule has 1 aromatic heterocycles. The van der Waals surface area contributed by atoms with E-state index in [0.717, 1.165) is 0 Å². The minimum Gasteiger partial charge on any atom is -0.872 e. The van der Waals surface area contributed by atoms with Gasteiger partial charge in [0.25, 0.3) is 5.91 Å². The van der Waals surface area contributed by atoms with Gasteiger partial charge in [-0.1, -0.05) is 30.0 Å². The second-order valence-electron chi connectivity index (χ2n) is 3.52. The topological polar surface area (TPSA) is 82.1 Å². The van der Waals surface area contributed by atoms with Gasteiger partial charge < -0.3 is 10.4 Å². The molecule has 6 heteroatoms. The number of pyridine rings is 1. The number of amides is 1. The van der Waals surface area contributed by atoms with Gasteiger partial charge in [0.2, 0.25) is 5.78 Å². The first-order valence-corrected chi connectivity index (χ1v) is 5.20. The Morgan fingerprint density at radius 3 is 2.47 bits per heavy atom. The molecular weight excluding hydrogens is 255 g/mol. The fourth-order valence-corrected chi connectivity index (χ4v) is 1.40. The van der Waals surface area contributed by atoms with Crippen molar-refractivity contribution in [3.05, 3.63) is 54.4 Å². The van der Waals surface area contributed by atoms with Gasteiger partial charge in [0.15, 0.2) is 0 Å². The summed E-state index contributed by atoms with van der Waals surface area (Å²) in [6, 6.07) is 8.84.